The van der Waals surface area contributed by atoms with E-state index in [4.69, 9.17) is 13.7 Å². The number of hydrogen-bond acceptors (Lipinski definition) is 7. The fourth-order valence-electron chi connectivity index (χ4n) is 3.67. The number of rotatable bonds is 3. The number of nitrogens with zero attached hydrogens (tertiary/aromatic N) is 4. The first kappa shape index (κ1) is 18.5. The molecule has 28 heavy (non-hydrogen) atoms. The van der Waals surface area contributed by atoms with Crippen molar-refractivity contribution in [2.24, 2.45) is 5.92 Å². The van der Waals surface area contributed by atoms with Crippen LogP contribution in [0.1, 0.15) is 51.2 Å². The Labute approximate surface area is 162 Å². The maximum Gasteiger partial charge on any atom is 0.410 e. The zero-order valence-electron chi connectivity index (χ0n) is 16.3. The number of carbonyl (C=O) groups excluding carboxylic acids is 1. The summed E-state index contributed by atoms with van der Waals surface area (Å²) < 4.78 is 17.0. The highest BCUT2D eigenvalue weighted by atomic mass is 16.6. The molecular weight excluding hydrogens is 360 g/mol. The monoisotopic (exact) mass is 384 g/mol. The second-order valence-electron chi connectivity index (χ2n) is 8.12. The SMILES string of the molecule is CC(C)(C)OC(=O)N1CCC(C(c2cc3cnccc3o2)c2ncno2)CC1. The van der Waals surface area contributed by atoms with Crippen LogP contribution in [0.25, 0.3) is 11.0 Å². The van der Waals surface area contributed by atoms with Crippen molar-refractivity contribution >= 4 is 17.1 Å². The minimum atomic E-state index is -0.497. The van der Waals surface area contributed by atoms with Gasteiger partial charge in [0.05, 0.1) is 5.92 Å². The predicted octanol–water partition coefficient (Wildman–Crippen LogP) is 3.99. The van der Waals surface area contributed by atoms with Crippen LogP contribution in [0.4, 0.5) is 4.79 Å². The fourth-order valence-corrected chi connectivity index (χ4v) is 3.67. The number of likely N-dealkylation sites (tertiary alicyclic amines) is 1. The lowest BCUT2D eigenvalue weighted by Gasteiger charge is -2.35. The summed E-state index contributed by atoms with van der Waals surface area (Å²) >= 11 is 0. The van der Waals surface area contributed by atoms with Crippen molar-refractivity contribution in [2.75, 3.05) is 13.1 Å². The van der Waals surface area contributed by atoms with Gasteiger partial charge < -0.3 is 18.6 Å². The highest BCUT2D eigenvalue weighted by Crippen LogP contribution is 2.39. The van der Waals surface area contributed by atoms with Crippen LogP contribution < -0.4 is 0 Å². The molecule has 1 aliphatic rings. The fraction of sp³-hybridized carbons (Fsp3) is 0.500. The molecule has 1 aliphatic heterocycles. The number of fused-ring (bicyclic) bond motifs is 1. The molecule has 0 N–H and O–H groups in total. The van der Waals surface area contributed by atoms with Gasteiger partial charge in [0.25, 0.3) is 0 Å². The van der Waals surface area contributed by atoms with Crippen LogP contribution in [0.3, 0.4) is 0 Å². The normalized spacial score (nSPS) is 17.0. The molecule has 1 atom stereocenters. The molecule has 0 radical (unpaired) electrons. The van der Waals surface area contributed by atoms with Crippen molar-refractivity contribution in [3.8, 4) is 0 Å². The van der Waals surface area contributed by atoms with E-state index in [0.717, 1.165) is 29.6 Å². The van der Waals surface area contributed by atoms with Crippen LogP contribution in [0.15, 0.2) is 39.8 Å². The topological polar surface area (TPSA) is 94.5 Å². The number of pyridine rings is 1. The van der Waals surface area contributed by atoms with E-state index >= 15 is 0 Å². The summed E-state index contributed by atoms with van der Waals surface area (Å²) in [4.78, 5) is 22.5. The summed E-state index contributed by atoms with van der Waals surface area (Å²) in [6, 6.07) is 3.83. The molecule has 1 amide bonds. The Balaban J connectivity index is 1.54. The lowest BCUT2D eigenvalue weighted by atomic mass is 9.82. The second kappa shape index (κ2) is 7.26. The van der Waals surface area contributed by atoms with Gasteiger partial charge in [0.15, 0.2) is 6.33 Å². The average Bonchev–Trinajstić information content (AvgIpc) is 3.31. The molecule has 3 aromatic rings. The number of aromatic nitrogens is 3. The standard InChI is InChI=1S/C20H24N4O4/c1-20(2,3)27-19(25)24-8-5-13(6-9-24)17(18-22-12-23-28-18)16-10-14-11-21-7-4-15(14)26-16/h4,7,10-13,17H,5-6,8-9H2,1-3H3. The molecule has 0 bridgehead atoms. The number of piperidine rings is 1. The van der Waals surface area contributed by atoms with E-state index in [1.807, 2.05) is 32.9 Å². The maximum absolute atomic E-state index is 12.3. The van der Waals surface area contributed by atoms with Gasteiger partial charge in [-0.1, -0.05) is 5.16 Å². The summed E-state index contributed by atoms with van der Waals surface area (Å²) in [5.74, 6) is 1.37. The molecule has 3 aromatic heterocycles. The van der Waals surface area contributed by atoms with Crippen molar-refractivity contribution in [3.63, 3.8) is 0 Å². The Morgan fingerprint density at radius 3 is 2.75 bits per heavy atom. The molecule has 8 nitrogen and oxygen atoms in total. The largest absolute Gasteiger partial charge is 0.460 e. The van der Waals surface area contributed by atoms with Crippen molar-refractivity contribution in [1.29, 1.82) is 0 Å². The van der Waals surface area contributed by atoms with E-state index in [1.165, 1.54) is 6.33 Å². The number of furan rings is 1. The van der Waals surface area contributed by atoms with Crippen molar-refractivity contribution in [2.45, 2.75) is 45.1 Å². The van der Waals surface area contributed by atoms with E-state index in [-0.39, 0.29) is 17.9 Å². The molecule has 0 aliphatic carbocycles. The first-order chi connectivity index (χ1) is 13.4. The molecule has 4 rings (SSSR count). The summed E-state index contributed by atoms with van der Waals surface area (Å²) in [6.07, 6.45) is 6.20. The third-order valence-corrected chi connectivity index (χ3v) is 4.95. The van der Waals surface area contributed by atoms with E-state index in [1.54, 1.807) is 17.3 Å². The smallest absolute Gasteiger partial charge is 0.410 e. The Bertz CT molecular complexity index is 904. The van der Waals surface area contributed by atoms with Gasteiger partial charge in [-0.05, 0) is 51.7 Å². The number of amides is 1. The van der Waals surface area contributed by atoms with Gasteiger partial charge in [-0.15, -0.1) is 0 Å². The zero-order chi connectivity index (χ0) is 19.7. The lowest BCUT2D eigenvalue weighted by molar-refractivity contribution is 0.0173. The van der Waals surface area contributed by atoms with Gasteiger partial charge in [-0.25, -0.2) is 4.79 Å². The zero-order valence-corrected chi connectivity index (χ0v) is 16.3. The minimum Gasteiger partial charge on any atom is -0.460 e. The molecule has 0 aromatic carbocycles. The third-order valence-electron chi connectivity index (χ3n) is 4.95. The molecule has 4 heterocycles. The molecule has 1 saturated heterocycles. The molecular formula is C20H24N4O4. The number of hydrogen-bond donors (Lipinski definition) is 0. The van der Waals surface area contributed by atoms with Crippen molar-refractivity contribution in [3.05, 3.63) is 42.5 Å². The quantitative estimate of drug-likeness (QED) is 0.674. The van der Waals surface area contributed by atoms with Crippen LogP contribution in [-0.2, 0) is 4.74 Å². The molecule has 1 fully saturated rings. The summed E-state index contributed by atoms with van der Waals surface area (Å²) in [6.45, 7) is 6.86. The third kappa shape index (κ3) is 3.85. The Morgan fingerprint density at radius 2 is 2.11 bits per heavy atom. The second-order valence-corrected chi connectivity index (χ2v) is 8.12. The van der Waals surface area contributed by atoms with E-state index < -0.39 is 5.60 Å². The number of carbonyl (C=O) groups is 1. The van der Waals surface area contributed by atoms with Crippen LogP contribution in [0, 0.1) is 5.92 Å². The highest BCUT2D eigenvalue weighted by molar-refractivity contribution is 5.76. The van der Waals surface area contributed by atoms with Gasteiger partial charge in [-0.3, -0.25) is 4.98 Å². The van der Waals surface area contributed by atoms with E-state index in [9.17, 15) is 4.79 Å². The van der Waals surface area contributed by atoms with Gasteiger partial charge in [-0.2, -0.15) is 4.98 Å². The van der Waals surface area contributed by atoms with Gasteiger partial charge in [0.2, 0.25) is 5.89 Å². The first-order valence-corrected chi connectivity index (χ1v) is 9.48. The van der Waals surface area contributed by atoms with Gasteiger partial charge in [0, 0.05) is 30.9 Å². The molecule has 1 unspecified atom stereocenters. The summed E-state index contributed by atoms with van der Waals surface area (Å²) in [7, 11) is 0. The minimum absolute atomic E-state index is 0.157. The Hall–Kier alpha value is -2.90. The summed E-state index contributed by atoms with van der Waals surface area (Å²) in [5, 5.41) is 4.71. The molecule has 8 heteroatoms. The molecule has 148 valence electrons. The Morgan fingerprint density at radius 1 is 1.32 bits per heavy atom. The summed E-state index contributed by atoms with van der Waals surface area (Å²) in [5.41, 5.74) is 0.281. The van der Waals surface area contributed by atoms with Crippen LogP contribution in [0.5, 0.6) is 0 Å². The van der Waals surface area contributed by atoms with Crippen molar-refractivity contribution in [1.82, 2.24) is 20.0 Å². The highest BCUT2D eigenvalue weighted by Gasteiger charge is 2.36. The van der Waals surface area contributed by atoms with Crippen molar-refractivity contribution < 1.29 is 18.5 Å². The average molecular weight is 384 g/mol. The maximum atomic E-state index is 12.3. The van der Waals surface area contributed by atoms with E-state index in [2.05, 4.69) is 15.1 Å². The molecule has 0 saturated carbocycles. The Kier molecular flexibility index (Phi) is 4.78. The first-order valence-electron chi connectivity index (χ1n) is 9.48. The predicted molar refractivity (Wildman–Crippen MR) is 101 cm³/mol. The van der Waals surface area contributed by atoms with Crippen LogP contribution in [-0.4, -0.2) is 44.8 Å². The van der Waals surface area contributed by atoms with E-state index in [0.29, 0.717) is 19.0 Å². The number of ether oxygens (including phenoxy) is 1. The molecule has 0 spiro atoms. The lowest BCUT2D eigenvalue weighted by Crippen LogP contribution is -2.42. The van der Waals surface area contributed by atoms with Gasteiger partial charge in [0.1, 0.15) is 16.9 Å². The van der Waals surface area contributed by atoms with Gasteiger partial charge >= 0.3 is 6.09 Å². The van der Waals surface area contributed by atoms with Crippen LogP contribution >= 0.6 is 0 Å². The van der Waals surface area contributed by atoms with Crippen LogP contribution in [0.2, 0.25) is 0 Å².